The second-order valence-corrected chi connectivity index (χ2v) is 1.15. The molecule has 12 N–H and O–H groups in total. The molecule has 0 aromatic rings. The van der Waals surface area contributed by atoms with Gasteiger partial charge in [0.1, 0.15) is 0 Å². The van der Waals surface area contributed by atoms with Crippen LogP contribution in [0.15, 0.2) is 0 Å². The maximum atomic E-state index is 8.93. The molecule has 0 atom stereocenters. The van der Waals surface area contributed by atoms with Crippen LogP contribution >= 0.6 is 0 Å². The first-order chi connectivity index (χ1) is 5.29. The number of carbonyl (C=O) groups excluding carboxylic acids is 4. The molecule has 0 spiro atoms. The molecule has 0 heterocycles. The SMILES string of the molecule is O.O.O.O.O.O.O=C([O-])C(=O)[O-].O=C([O-])C(=O)[O-].[Sn+4]. The summed E-state index contributed by atoms with van der Waals surface area (Å²) in [6.45, 7) is 0. The predicted octanol–water partition coefficient (Wildman–Crippen LogP) is -12.4. The molecule has 19 heavy (non-hydrogen) atoms. The quantitative estimate of drug-likeness (QED) is 0.275. The van der Waals surface area contributed by atoms with Crippen LogP contribution in [0, 0.1) is 0 Å². The predicted molar refractivity (Wildman–Crippen MR) is 47.5 cm³/mol. The summed E-state index contributed by atoms with van der Waals surface area (Å²) in [6, 6.07) is 0. The van der Waals surface area contributed by atoms with Gasteiger partial charge in [-0.25, -0.2) is 0 Å². The minimum Gasteiger partial charge on any atom is -0.543 e. The van der Waals surface area contributed by atoms with Crippen LogP contribution in [-0.2, 0) is 19.2 Å². The first-order valence-corrected chi connectivity index (χ1v) is 2.13. The van der Waals surface area contributed by atoms with Gasteiger partial charge in [-0.3, -0.25) is 0 Å². The molecular formula is C4H12O14Sn. The molecule has 0 aromatic heterocycles. The van der Waals surface area contributed by atoms with Crippen molar-refractivity contribution < 1.29 is 72.5 Å². The smallest absolute Gasteiger partial charge is 0.543 e. The summed E-state index contributed by atoms with van der Waals surface area (Å²) >= 11 is 0. The van der Waals surface area contributed by atoms with E-state index < -0.39 is 23.9 Å². The molecule has 0 radical (unpaired) electrons. The molecule has 0 bridgehead atoms. The van der Waals surface area contributed by atoms with Gasteiger partial charge < -0.3 is 72.5 Å². The molecule has 0 saturated carbocycles. The second kappa shape index (κ2) is 36.0. The Balaban J connectivity index is -0.0000000110. The van der Waals surface area contributed by atoms with E-state index in [1.807, 2.05) is 0 Å². The van der Waals surface area contributed by atoms with Crippen molar-refractivity contribution in [2.45, 2.75) is 0 Å². The van der Waals surface area contributed by atoms with Crippen LogP contribution in [0.3, 0.4) is 0 Å². The molecule has 116 valence electrons. The zero-order chi connectivity index (χ0) is 10.3. The molecule has 0 unspecified atom stereocenters. The Labute approximate surface area is 121 Å². The van der Waals surface area contributed by atoms with Gasteiger partial charge in [-0.2, -0.15) is 0 Å². The summed E-state index contributed by atoms with van der Waals surface area (Å²) in [7, 11) is 0. The molecule has 0 saturated heterocycles. The standard InChI is InChI=1S/2C2H2O4.6H2O.Sn/c2*3-1(4)2(5)6;;;;;;;/h2*(H,3,4)(H,5,6);6*1H2;/q;;;;;;;;+4/p-4. The molecule has 0 rings (SSSR count). The molecule has 15 heteroatoms. The van der Waals surface area contributed by atoms with Crippen LogP contribution in [0.1, 0.15) is 0 Å². The van der Waals surface area contributed by atoms with Crippen molar-refractivity contribution >= 4 is 47.8 Å². The fourth-order valence-electron chi connectivity index (χ4n) is 0. The Morgan fingerprint density at radius 3 is 0.474 bits per heavy atom. The number of carboxylic acids is 4. The van der Waals surface area contributed by atoms with Gasteiger partial charge in [-0.1, -0.05) is 0 Å². The van der Waals surface area contributed by atoms with Crippen molar-refractivity contribution in [2.75, 3.05) is 0 Å². The van der Waals surface area contributed by atoms with E-state index in [9.17, 15) is 0 Å². The van der Waals surface area contributed by atoms with E-state index in [1.165, 1.54) is 0 Å². The van der Waals surface area contributed by atoms with Gasteiger partial charge in [0.2, 0.25) is 0 Å². The third-order valence-electron chi connectivity index (χ3n) is 0.333. The molecule has 0 amide bonds. The van der Waals surface area contributed by atoms with Gasteiger partial charge in [0.05, 0.1) is 23.9 Å². The largest absolute Gasteiger partial charge is 4.00 e. The number of carboxylic acid groups (broad SMARTS) is 4. The van der Waals surface area contributed by atoms with Gasteiger partial charge in [0.15, 0.2) is 0 Å². The van der Waals surface area contributed by atoms with Crippen LogP contribution < -0.4 is 20.4 Å². The summed E-state index contributed by atoms with van der Waals surface area (Å²) in [5, 5.41) is 35.7. The van der Waals surface area contributed by atoms with Gasteiger partial charge in [0.25, 0.3) is 0 Å². The molecule has 0 aliphatic rings. The average molecular weight is 403 g/mol. The summed E-state index contributed by atoms with van der Waals surface area (Å²) in [4.78, 5) is 35.7. The second-order valence-electron chi connectivity index (χ2n) is 1.15. The van der Waals surface area contributed by atoms with E-state index in [0.717, 1.165) is 0 Å². The Morgan fingerprint density at radius 2 is 0.474 bits per heavy atom. The maximum Gasteiger partial charge on any atom is 4.00 e. The van der Waals surface area contributed by atoms with Crippen LogP contribution in [-0.4, -0.2) is 80.6 Å². The molecule has 0 aliphatic heterocycles. The normalized spacial score (nSPS) is 4.63. The van der Waals surface area contributed by atoms with Crippen molar-refractivity contribution in [1.82, 2.24) is 0 Å². The molecular weight excluding hydrogens is 391 g/mol. The van der Waals surface area contributed by atoms with Crippen molar-refractivity contribution in [3.8, 4) is 0 Å². The Morgan fingerprint density at radius 1 is 0.421 bits per heavy atom. The van der Waals surface area contributed by atoms with E-state index in [2.05, 4.69) is 0 Å². The number of aliphatic carboxylic acids is 4. The molecule has 0 aromatic carbocycles. The number of rotatable bonds is 0. The zero-order valence-corrected chi connectivity index (χ0v) is 11.6. The first-order valence-electron chi connectivity index (χ1n) is 2.13. The van der Waals surface area contributed by atoms with Crippen LogP contribution in [0.25, 0.3) is 0 Å². The Kier molecular flexibility index (Phi) is 125. The fraction of sp³-hybridized carbons (Fsp3) is 0. The van der Waals surface area contributed by atoms with Crippen molar-refractivity contribution in [3.63, 3.8) is 0 Å². The third-order valence-corrected chi connectivity index (χ3v) is 0.333. The number of hydrogen-bond acceptors (Lipinski definition) is 8. The summed E-state index contributed by atoms with van der Waals surface area (Å²) < 4.78 is 0. The fourth-order valence-corrected chi connectivity index (χ4v) is 0. The van der Waals surface area contributed by atoms with E-state index in [1.54, 1.807) is 0 Å². The van der Waals surface area contributed by atoms with Crippen molar-refractivity contribution in [2.24, 2.45) is 0 Å². The van der Waals surface area contributed by atoms with Gasteiger partial charge in [-0.05, 0) is 0 Å². The summed E-state index contributed by atoms with van der Waals surface area (Å²) in [6.07, 6.45) is 0. The Hall–Kier alpha value is -1.56. The molecule has 14 nitrogen and oxygen atoms in total. The van der Waals surface area contributed by atoms with Crippen LogP contribution in [0.5, 0.6) is 0 Å². The minimum atomic E-state index is -2.19. The van der Waals surface area contributed by atoms with E-state index in [4.69, 9.17) is 39.6 Å². The van der Waals surface area contributed by atoms with Crippen LogP contribution in [0.4, 0.5) is 0 Å². The number of hydrogen-bond donors (Lipinski definition) is 0. The summed E-state index contributed by atoms with van der Waals surface area (Å²) in [5.74, 6) is -8.74. The third kappa shape index (κ3) is 82.7. The molecule has 0 aliphatic carbocycles. The van der Waals surface area contributed by atoms with E-state index in [0.29, 0.717) is 0 Å². The average Bonchev–Trinajstić information content (AvgIpc) is 1.88. The van der Waals surface area contributed by atoms with Crippen molar-refractivity contribution in [3.05, 3.63) is 0 Å². The Bertz CT molecular complexity index is 175. The number of carbonyl (C=O) groups is 4. The maximum absolute atomic E-state index is 8.93. The topological polar surface area (TPSA) is 350 Å². The zero-order valence-electron chi connectivity index (χ0n) is 8.77. The molecule has 0 fully saturated rings. The minimum absolute atomic E-state index is 0. The van der Waals surface area contributed by atoms with E-state index >= 15 is 0 Å². The summed E-state index contributed by atoms with van der Waals surface area (Å²) in [5.41, 5.74) is 0. The van der Waals surface area contributed by atoms with Gasteiger partial charge >= 0.3 is 23.9 Å². The first kappa shape index (κ1) is 66.2. The van der Waals surface area contributed by atoms with Crippen molar-refractivity contribution in [1.29, 1.82) is 0 Å². The van der Waals surface area contributed by atoms with Gasteiger partial charge in [0, 0.05) is 0 Å². The van der Waals surface area contributed by atoms with Gasteiger partial charge in [-0.15, -0.1) is 0 Å². The van der Waals surface area contributed by atoms with Crippen LogP contribution in [0.2, 0.25) is 0 Å². The van der Waals surface area contributed by atoms with E-state index in [-0.39, 0.29) is 56.8 Å². The monoisotopic (exact) mass is 404 g/mol.